The molecule has 0 N–H and O–H groups in total. The van der Waals surface area contributed by atoms with Crippen molar-refractivity contribution in [2.24, 2.45) is 9.98 Å². The van der Waals surface area contributed by atoms with Crippen molar-refractivity contribution in [3.63, 3.8) is 0 Å². The third kappa shape index (κ3) is 16.9. The first kappa shape index (κ1) is 37.4. The van der Waals surface area contributed by atoms with Gasteiger partial charge in [0.05, 0.1) is 22.8 Å². The van der Waals surface area contributed by atoms with Crippen LogP contribution in [-0.2, 0) is 12.8 Å². The van der Waals surface area contributed by atoms with Crippen molar-refractivity contribution < 1.29 is 0 Å². The molecule has 2 aromatic rings. The van der Waals surface area contributed by atoms with E-state index in [0.717, 1.165) is 74.2 Å². The van der Waals surface area contributed by atoms with E-state index in [1.54, 1.807) is 0 Å². The number of hydrogen-bond donors (Lipinski definition) is 0. The Balaban J connectivity index is 2.07. The van der Waals surface area contributed by atoms with E-state index in [-0.39, 0.29) is 0 Å². The number of hydrogen-bond acceptors (Lipinski definition) is 2. The molecule has 0 saturated carbocycles. The maximum absolute atomic E-state index is 5.29. The van der Waals surface area contributed by atoms with E-state index < -0.39 is 0 Å². The molecule has 0 saturated heterocycles. The first-order valence-electron chi connectivity index (χ1n) is 18.3. The summed E-state index contributed by atoms with van der Waals surface area (Å²) in [6, 6.07) is 17.4. The fourth-order valence-corrected chi connectivity index (χ4v) is 5.58. The van der Waals surface area contributed by atoms with E-state index in [1.807, 2.05) is 0 Å². The van der Waals surface area contributed by atoms with Crippen LogP contribution in [0.15, 0.2) is 82.8 Å². The molecule has 0 aliphatic heterocycles. The van der Waals surface area contributed by atoms with Crippen LogP contribution in [0.2, 0.25) is 0 Å². The first-order valence-corrected chi connectivity index (χ1v) is 18.3. The average Bonchev–Trinajstić information content (AvgIpc) is 3.04. The van der Waals surface area contributed by atoms with Crippen molar-refractivity contribution in [2.45, 2.75) is 156 Å². The molecule has 2 aromatic carbocycles. The number of nitrogens with zero attached hydrogens (tertiary/aromatic N) is 2. The van der Waals surface area contributed by atoms with Gasteiger partial charge in [-0.2, -0.15) is 0 Å². The zero-order chi connectivity index (χ0) is 31.5. The number of benzene rings is 2. The van der Waals surface area contributed by atoms with E-state index in [4.69, 9.17) is 9.98 Å². The molecule has 0 bridgehead atoms. The van der Waals surface area contributed by atoms with E-state index in [1.165, 1.54) is 88.2 Å². The molecule has 0 aliphatic rings. The van der Waals surface area contributed by atoms with Crippen LogP contribution in [0.1, 0.15) is 154 Å². The second-order valence-corrected chi connectivity index (χ2v) is 12.4. The Kier molecular flexibility index (Phi) is 21.8. The minimum absolute atomic E-state index is 0.976. The molecule has 0 aliphatic carbocycles. The Bertz CT molecular complexity index is 1120. The molecule has 2 heteroatoms. The van der Waals surface area contributed by atoms with Gasteiger partial charge in [0.15, 0.2) is 0 Å². The van der Waals surface area contributed by atoms with Crippen LogP contribution in [0.3, 0.4) is 0 Å². The van der Waals surface area contributed by atoms with Crippen LogP contribution >= 0.6 is 0 Å². The maximum atomic E-state index is 5.29. The molecule has 2 nitrogen and oxygen atoms in total. The smallest absolute Gasteiger partial charge is 0.0665 e. The average molecular weight is 597 g/mol. The quantitative estimate of drug-likeness (QED) is 0.0619. The summed E-state index contributed by atoms with van der Waals surface area (Å²) >= 11 is 0. The minimum atomic E-state index is 0.976. The molecular weight excluding hydrogens is 532 g/mol. The first-order chi connectivity index (χ1) is 21.7. The SMILES string of the molecule is CCCCCCC=CCCCc1ccccc1N=C(C)C(CCCCC)=Nc1ccccc1CCCC=CCCCCCC. The van der Waals surface area contributed by atoms with Crippen molar-refractivity contribution in [3.05, 3.63) is 84.0 Å². The zero-order valence-corrected chi connectivity index (χ0v) is 29.0. The van der Waals surface area contributed by atoms with Crippen LogP contribution in [0.25, 0.3) is 0 Å². The van der Waals surface area contributed by atoms with Crippen molar-refractivity contribution in [3.8, 4) is 0 Å². The van der Waals surface area contributed by atoms with E-state index in [9.17, 15) is 0 Å². The van der Waals surface area contributed by atoms with Crippen molar-refractivity contribution in [1.82, 2.24) is 0 Å². The van der Waals surface area contributed by atoms with Crippen LogP contribution < -0.4 is 0 Å². The van der Waals surface area contributed by atoms with Crippen LogP contribution in [0.5, 0.6) is 0 Å². The highest BCUT2D eigenvalue weighted by molar-refractivity contribution is 6.42. The standard InChI is InChI=1S/C42H64N2/c1-5-8-11-13-15-17-19-21-24-30-38-32-26-28-35-41(38)43-37(4)40(34-23-10-7-3)44-42-36-29-27-33-39(42)31-25-22-20-18-16-14-12-9-6-2/h17-20,26-29,32-33,35-36H,5-16,21-25,30-31,34H2,1-4H3. The monoisotopic (exact) mass is 597 g/mol. The highest BCUT2D eigenvalue weighted by atomic mass is 14.8. The van der Waals surface area contributed by atoms with Crippen molar-refractivity contribution in [2.75, 3.05) is 0 Å². The molecule has 0 amide bonds. The van der Waals surface area contributed by atoms with Gasteiger partial charge in [-0.05, 0) is 107 Å². The molecule has 0 atom stereocenters. The van der Waals surface area contributed by atoms with Gasteiger partial charge in [0, 0.05) is 0 Å². The predicted octanol–water partition coefficient (Wildman–Crippen LogP) is 13.8. The molecule has 0 fully saturated rings. The Morgan fingerprint density at radius 3 is 1.43 bits per heavy atom. The molecule has 44 heavy (non-hydrogen) atoms. The maximum Gasteiger partial charge on any atom is 0.0665 e. The Hall–Kier alpha value is -2.74. The summed E-state index contributed by atoms with van der Waals surface area (Å²) in [6.45, 7) is 8.98. The molecule has 2 rings (SSSR count). The third-order valence-corrected chi connectivity index (χ3v) is 8.38. The molecule has 0 radical (unpaired) electrons. The lowest BCUT2D eigenvalue weighted by Gasteiger charge is -2.11. The van der Waals surface area contributed by atoms with E-state index in [0.29, 0.717) is 0 Å². The summed E-state index contributed by atoms with van der Waals surface area (Å²) in [4.78, 5) is 10.5. The lowest BCUT2D eigenvalue weighted by molar-refractivity contribution is 0.673. The van der Waals surface area contributed by atoms with Gasteiger partial charge < -0.3 is 0 Å². The Labute approximate surface area is 272 Å². The highest BCUT2D eigenvalue weighted by Crippen LogP contribution is 2.25. The lowest BCUT2D eigenvalue weighted by Crippen LogP contribution is -2.10. The second-order valence-electron chi connectivity index (χ2n) is 12.4. The normalized spacial score (nSPS) is 12.6. The Morgan fingerprint density at radius 2 is 0.932 bits per heavy atom. The highest BCUT2D eigenvalue weighted by Gasteiger charge is 2.09. The lowest BCUT2D eigenvalue weighted by atomic mass is 10.0. The number of unbranched alkanes of at least 4 members (excludes halogenated alkanes) is 12. The van der Waals surface area contributed by atoms with Crippen molar-refractivity contribution in [1.29, 1.82) is 0 Å². The summed E-state index contributed by atoms with van der Waals surface area (Å²) < 4.78 is 0. The topological polar surface area (TPSA) is 24.7 Å². The summed E-state index contributed by atoms with van der Waals surface area (Å²) in [5.41, 5.74) is 7.11. The fourth-order valence-electron chi connectivity index (χ4n) is 5.58. The number of aliphatic imine (C=N–C) groups is 2. The summed E-state index contributed by atoms with van der Waals surface area (Å²) in [7, 11) is 0. The summed E-state index contributed by atoms with van der Waals surface area (Å²) in [6.07, 6.45) is 34.0. The van der Waals surface area contributed by atoms with Crippen LogP contribution in [-0.4, -0.2) is 11.4 Å². The third-order valence-electron chi connectivity index (χ3n) is 8.38. The molecule has 0 heterocycles. The van der Waals surface area contributed by atoms with Gasteiger partial charge in [0.2, 0.25) is 0 Å². The summed E-state index contributed by atoms with van der Waals surface area (Å²) in [5.74, 6) is 0. The number of allylic oxidation sites excluding steroid dienone is 4. The molecular formula is C42H64N2. The van der Waals surface area contributed by atoms with Gasteiger partial charge in [-0.25, -0.2) is 0 Å². The largest absolute Gasteiger partial charge is 0.252 e. The number of rotatable bonds is 25. The van der Waals surface area contributed by atoms with Crippen molar-refractivity contribution >= 4 is 22.8 Å². The van der Waals surface area contributed by atoms with Gasteiger partial charge >= 0.3 is 0 Å². The van der Waals surface area contributed by atoms with E-state index in [2.05, 4.69) is 101 Å². The molecule has 0 unspecified atom stereocenters. The van der Waals surface area contributed by atoms with Gasteiger partial charge in [-0.1, -0.05) is 133 Å². The molecule has 242 valence electrons. The van der Waals surface area contributed by atoms with Gasteiger partial charge in [-0.3, -0.25) is 9.98 Å². The fraction of sp³-hybridized carbons (Fsp3) is 0.571. The second kappa shape index (κ2) is 25.6. The minimum Gasteiger partial charge on any atom is -0.252 e. The van der Waals surface area contributed by atoms with Gasteiger partial charge in [0.1, 0.15) is 0 Å². The number of para-hydroxylation sites is 2. The predicted molar refractivity (Wildman–Crippen MR) is 199 cm³/mol. The summed E-state index contributed by atoms with van der Waals surface area (Å²) in [5, 5.41) is 0. The van der Waals surface area contributed by atoms with Crippen LogP contribution in [0, 0.1) is 0 Å². The van der Waals surface area contributed by atoms with Crippen LogP contribution in [0.4, 0.5) is 11.4 Å². The van der Waals surface area contributed by atoms with Gasteiger partial charge in [0.25, 0.3) is 0 Å². The number of aryl methyl sites for hydroxylation is 2. The molecule has 0 aromatic heterocycles. The Morgan fingerprint density at radius 1 is 0.500 bits per heavy atom. The van der Waals surface area contributed by atoms with Gasteiger partial charge in [-0.15, -0.1) is 0 Å². The zero-order valence-electron chi connectivity index (χ0n) is 29.0. The van der Waals surface area contributed by atoms with E-state index >= 15 is 0 Å². The molecule has 0 spiro atoms.